The molecule has 19 heavy (non-hydrogen) atoms. The summed E-state index contributed by atoms with van der Waals surface area (Å²) in [6.07, 6.45) is 0. The van der Waals surface area contributed by atoms with E-state index in [1.165, 1.54) is 7.11 Å². The van der Waals surface area contributed by atoms with Gasteiger partial charge in [-0.15, -0.1) is 0 Å². The Morgan fingerprint density at radius 3 is 2.53 bits per heavy atom. The number of benzene rings is 2. The lowest BCUT2D eigenvalue weighted by atomic mass is 10.0. The van der Waals surface area contributed by atoms with E-state index in [1.54, 1.807) is 24.3 Å². The topological polar surface area (TPSA) is 26.3 Å². The van der Waals surface area contributed by atoms with Crippen molar-refractivity contribution in [2.24, 2.45) is 0 Å². The number of rotatable bonds is 3. The molecule has 0 N–H and O–H groups in total. The van der Waals surface area contributed by atoms with Crippen molar-refractivity contribution in [3.05, 3.63) is 63.1 Å². The Morgan fingerprint density at radius 2 is 1.84 bits per heavy atom. The van der Waals surface area contributed by atoms with Crippen molar-refractivity contribution >= 4 is 29.0 Å². The van der Waals surface area contributed by atoms with Gasteiger partial charge in [0.05, 0.1) is 22.7 Å². The maximum Gasteiger partial charge on any atom is 0.198 e. The van der Waals surface area contributed by atoms with E-state index in [4.69, 9.17) is 27.9 Å². The molecular formula is C15H12Cl2O2. The zero-order valence-corrected chi connectivity index (χ0v) is 12.0. The van der Waals surface area contributed by atoms with Crippen molar-refractivity contribution in [2.75, 3.05) is 7.11 Å². The normalized spacial score (nSPS) is 10.3. The standard InChI is InChI=1S/C15H12Cl2O2/c1-9-6-7-10(13(8-9)19-2)15(18)11-4-3-5-12(16)14(11)17/h3-8H,1-2H3. The summed E-state index contributed by atoms with van der Waals surface area (Å²) in [7, 11) is 1.53. The predicted molar refractivity (Wildman–Crippen MR) is 77.6 cm³/mol. The molecule has 0 saturated heterocycles. The summed E-state index contributed by atoms with van der Waals surface area (Å²) in [4.78, 5) is 12.5. The van der Waals surface area contributed by atoms with Crippen molar-refractivity contribution in [1.29, 1.82) is 0 Å². The minimum atomic E-state index is -0.204. The van der Waals surface area contributed by atoms with Crippen LogP contribution in [0.3, 0.4) is 0 Å². The van der Waals surface area contributed by atoms with Gasteiger partial charge < -0.3 is 4.74 Å². The highest BCUT2D eigenvalue weighted by Crippen LogP contribution is 2.30. The van der Waals surface area contributed by atoms with Gasteiger partial charge in [0.25, 0.3) is 0 Å². The molecule has 0 atom stereocenters. The van der Waals surface area contributed by atoms with Gasteiger partial charge in [-0.3, -0.25) is 4.79 Å². The Balaban J connectivity index is 2.53. The van der Waals surface area contributed by atoms with E-state index in [9.17, 15) is 4.79 Å². The third-order valence-electron chi connectivity index (χ3n) is 2.80. The van der Waals surface area contributed by atoms with Gasteiger partial charge in [0, 0.05) is 5.56 Å². The zero-order chi connectivity index (χ0) is 14.0. The van der Waals surface area contributed by atoms with E-state index in [1.807, 2.05) is 19.1 Å². The number of aryl methyl sites for hydroxylation is 1. The van der Waals surface area contributed by atoms with Crippen molar-refractivity contribution < 1.29 is 9.53 Å². The number of carbonyl (C=O) groups excluding carboxylic acids is 1. The van der Waals surface area contributed by atoms with Gasteiger partial charge in [-0.1, -0.05) is 35.3 Å². The highest BCUT2D eigenvalue weighted by atomic mass is 35.5. The second kappa shape index (κ2) is 5.64. The summed E-state index contributed by atoms with van der Waals surface area (Å²) in [5.74, 6) is 0.324. The first-order valence-corrected chi connectivity index (χ1v) is 6.43. The molecule has 98 valence electrons. The number of hydrogen-bond donors (Lipinski definition) is 0. The van der Waals surface area contributed by atoms with Crippen LogP contribution in [-0.4, -0.2) is 12.9 Å². The van der Waals surface area contributed by atoms with Crippen molar-refractivity contribution in [3.8, 4) is 5.75 Å². The fourth-order valence-electron chi connectivity index (χ4n) is 1.81. The van der Waals surface area contributed by atoms with Gasteiger partial charge in [0.1, 0.15) is 5.75 Å². The maximum atomic E-state index is 12.5. The SMILES string of the molecule is COc1cc(C)ccc1C(=O)c1cccc(Cl)c1Cl. The first-order valence-electron chi connectivity index (χ1n) is 5.68. The summed E-state index contributed by atoms with van der Waals surface area (Å²) in [6, 6.07) is 10.4. The van der Waals surface area contributed by atoms with Crippen molar-refractivity contribution in [1.82, 2.24) is 0 Å². The number of halogens is 2. The van der Waals surface area contributed by atoms with E-state index in [0.717, 1.165) is 5.56 Å². The molecule has 0 spiro atoms. The first kappa shape index (κ1) is 13.9. The van der Waals surface area contributed by atoms with Gasteiger partial charge in [0.2, 0.25) is 0 Å². The van der Waals surface area contributed by atoms with Gasteiger partial charge >= 0.3 is 0 Å². The molecule has 0 aliphatic rings. The lowest BCUT2D eigenvalue weighted by Crippen LogP contribution is -2.05. The minimum absolute atomic E-state index is 0.204. The summed E-state index contributed by atoms with van der Waals surface area (Å²) < 4.78 is 5.24. The number of methoxy groups -OCH3 is 1. The third kappa shape index (κ3) is 2.75. The Morgan fingerprint density at radius 1 is 1.11 bits per heavy atom. The number of ketones is 1. The monoisotopic (exact) mass is 294 g/mol. The van der Waals surface area contributed by atoms with Gasteiger partial charge in [-0.05, 0) is 36.8 Å². The average Bonchev–Trinajstić information content (AvgIpc) is 2.41. The summed E-state index contributed by atoms with van der Waals surface area (Å²) in [5, 5.41) is 0.621. The van der Waals surface area contributed by atoms with E-state index >= 15 is 0 Å². The van der Waals surface area contributed by atoms with Crippen LogP contribution < -0.4 is 4.74 Å². The van der Waals surface area contributed by atoms with Crippen molar-refractivity contribution in [3.63, 3.8) is 0 Å². The molecule has 2 nitrogen and oxygen atoms in total. The van der Waals surface area contributed by atoms with Crippen LogP contribution in [0.1, 0.15) is 21.5 Å². The molecular weight excluding hydrogens is 283 g/mol. The quantitative estimate of drug-likeness (QED) is 0.777. The summed E-state index contributed by atoms with van der Waals surface area (Å²) >= 11 is 12.0. The highest BCUT2D eigenvalue weighted by molar-refractivity contribution is 6.44. The molecule has 0 unspecified atom stereocenters. The molecule has 0 aliphatic heterocycles. The molecule has 0 heterocycles. The zero-order valence-electron chi connectivity index (χ0n) is 10.5. The van der Waals surface area contributed by atoms with Crippen LogP contribution in [0.5, 0.6) is 5.75 Å². The van der Waals surface area contributed by atoms with Crippen LogP contribution in [0.25, 0.3) is 0 Å². The smallest absolute Gasteiger partial charge is 0.198 e. The molecule has 2 aromatic rings. The number of hydrogen-bond acceptors (Lipinski definition) is 2. The Kier molecular flexibility index (Phi) is 4.13. The van der Waals surface area contributed by atoms with E-state index in [2.05, 4.69) is 0 Å². The molecule has 0 fully saturated rings. The van der Waals surface area contributed by atoms with E-state index in [0.29, 0.717) is 21.9 Å². The Hall–Kier alpha value is -1.51. The molecule has 0 amide bonds. The van der Waals surface area contributed by atoms with Gasteiger partial charge in [0.15, 0.2) is 5.78 Å². The molecule has 2 rings (SSSR count). The average molecular weight is 295 g/mol. The lowest BCUT2D eigenvalue weighted by molar-refractivity contribution is 0.103. The second-order valence-corrected chi connectivity index (χ2v) is 4.92. The highest BCUT2D eigenvalue weighted by Gasteiger charge is 2.18. The molecule has 0 aromatic heterocycles. The first-order chi connectivity index (χ1) is 9.04. The van der Waals surface area contributed by atoms with Crippen LogP contribution in [-0.2, 0) is 0 Å². The largest absolute Gasteiger partial charge is 0.496 e. The maximum absolute atomic E-state index is 12.5. The van der Waals surface area contributed by atoms with Crippen LogP contribution in [0.4, 0.5) is 0 Å². The van der Waals surface area contributed by atoms with Crippen LogP contribution in [0, 0.1) is 6.92 Å². The van der Waals surface area contributed by atoms with E-state index in [-0.39, 0.29) is 10.8 Å². The van der Waals surface area contributed by atoms with E-state index < -0.39 is 0 Å². The minimum Gasteiger partial charge on any atom is -0.496 e. The molecule has 4 heteroatoms. The fourth-order valence-corrected chi connectivity index (χ4v) is 2.20. The van der Waals surface area contributed by atoms with Gasteiger partial charge in [-0.25, -0.2) is 0 Å². The third-order valence-corrected chi connectivity index (χ3v) is 3.62. The Labute approximate surface area is 121 Å². The number of carbonyl (C=O) groups is 1. The second-order valence-electron chi connectivity index (χ2n) is 4.13. The summed E-state index contributed by atoms with van der Waals surface area (Å²) in [5.41, 5.74) is 1.86. The van der Waals surface area contributed by atoms with Crippen LogP contribution in [0.15, 0.2) is 36.4 Å². The summed E-state index contributed by atoms with van der Waals surface area (Å²) in [6.45, 7) is 1.93. The Bertz CT molecular complexity index is 636. The van der Waals surface area contributed by atoms with Gasteiger partial charge in [-0.2, -0.15) is 0 Å². The number of ether oxygens (including phenoxy) is 1. The molecule has 0 aliphatic carbocycles. The fraction of sp³-hybridized carbons (Fsp3) is 0.133. The lowest BCUT2D eigenvalue weighted by Gasteiger charge is -2.10. The van der Waals surface area contributed by atoms with Crippen LogP contribution in [0.2, 0.25) is 10.0 Å². The molecule has 0 bridgehead atoms. The molecule has 0 saturated carbocycles. The predicted octanol–water partition coefficient (Wildman–Crippen LogP) is 4.54. The van der Waals surface area contributed by atoms with Crippen molar-refractivity contribution in [2.45, 2.75) is 6.92 Å². The molecule has 0 radical (unpaired) electrons. The van der Waals surface area contributed by atoms with Crippen LogP contribution >= 0.6 is 23.2 Å². The molecule has 2 aromatic carbocycles.